The number of amides is 2. The van der Waals surface area contributed by atoms with Crippen LogP contribution in [0.5, 0.6) is 0 Å². The second kappa shape index (κ2) is 7.63. The number of aromatic nitrogens is 3. The molecule has 1 N–H and O–H groups in total. The maximum Gasteiger partial charge on any atom is 0.323 e. The Balaban J connectivity index is 1.09. The van der Waals surface area contributed by atoms with Crippen LogP contribution in [0.3, 0.4) is 0 Å². The summed E-state index contributed by atoms with van der Waals surface area (Å²) in [4.78, 5) is 33.7. The van der Waals surface area contributed by atoms with Gasteiger partial charge in [-0.3, -0.25) is 10.2 Å². The summed E-state index contributed by atoms with van der Waals surface area (Å²) in [5.74, 6) is 0.808. The van der Waals surface area contributed by atoms with Gasteiger partial charge in [0.05, 0.1) is 5.69 Å². The van der Waals surface area contributed by atoms with Gasteiger partial charge in [-0.05, 0) is 31.7 Å². The normalized spacial score (nSPS) is 20.6. The summed E-state index contributed by atoms with van der Waals surface area (Å²) >= 11 is 1.65. The van der Waals surface area contributed by atoms with Gasteiger partial charge in [0, 0.05) is 62.6 Å². The number of rotatable bonds is 3. The van der Waals surface area contributed by atoms with Gasteiger partial charge in [-0.2, -0.15) is 0 Å². The van der Waals surface area contributed by atoms with E-state index >= 15 is 0 Å². The Labute approximate surface area is 168 Å². The van der Waals surface area contributed by atoms with Crippen molar-refractivity contribution in [1.82, 2.24) is 24.8 Å². The monoisotopic (exact) mass is 399 g/mol. The molecule has 2 amide bonds. The number of likely N-dealkylation sites (tertiary alicyclic amines) is 1. The van der Waals surface area contributed by atoms with Gasteiger partial charge in [0.1, 0.15) is 0 Å². The Bertz CT molecular complexity index is 805. The van der Waals surface area contributed by atoms with Crippen LogP contribution >= 0.6 is 11.3 Å². The summed E-state index contributed by atoms with van der Waals surface area (Å²) in [7, 11) is 0. The molecular formula is C19H25N7OS. The Kier molecular flexibility index (Phi) is 4.86. The molecule has 3 aliphatic rings. The largest absolute Gasteiger partial charge is 0.338 e. The number of anilines is 2. The maximum atomic E-state index is 12.5. The van der Waals surface area contributed by atoms with Crippen molar-refractivity contribution in [3.63, 3.8) is 0 Å². The quantitative estimate of drug-likeness (QED) is 0.849. The molecule has 2 aromatic heterocycles. The van der Waals surface area contributed by atoms with Crippen molar-refractivity contribution in [2.45, 2.75) is 31.7 Å². The van der Waals surface area contributed by atoms with Crippen molar-refractivity contribution < 1.29 is 4.79 Å². The molecule has 0 unspecified atom stereocenters. The predicted molar refractivity (Wildman–Crippen MR) is 109 cm³/mol. The molecule has 2 fully saturated rings. The SMILES string of the molecule is O=C(Nc1nc2c(s1)CCCC2)N1CC(N2CCN(c3ncccn3)CC2)C1. The van der Waals surface area contributed by atoms with Crippen molar-refractivity contribution in [1.29, 1.82) is 0 Å². The summed E-state index contributed by atoms with van der Waals surface area (Å²) in [6.45, 7) is 5.40. The minimum Gasteiger partial charge on any atom is -0.338 e. The van der Waals surface area contributed by atoms with E-state index in [0.717, 1.165) is 63.2 Å². The predicted octanol–water partition coefficient (Wildman–Crippen LogP) is 1.85. The number of aryl methyl sites for hydroxylation is 2. The average Bonchev–Trinajstić information content (AvgIpc) is 3.10. The Morgan fingerprint density at radius 1 is 1.07 bits per heavy atom. The fourth-order valence-electron chi connectivity index (χ4n) is 4.17. The number of nitrogens with one attached hydrogen (secondary N) is 1. The third-order valence-electron chi connectivity index (χ3n) is 5.87. The first-order chi connectivity index (χ1) is 13.8. The molecule has 4 heterocycles. The molecule has 9 heteroatoms. The van der Waals surface area contributed by atoms with Gasteiger partial charge in [0.2, 0.25) is 5.95 Å². The lowest BCUT2D eigenvalue weighted by atomic mass is 10.0. The first-order valence-electron chi connectivity index (χ1n) is 10.1. The Hall–Kier alpha value is -2.26. The molecule has 0 saturated carbocycles. The summed E-state index contributed by atoms with van der Waals surface area (Å²) in [6.07, 6.45) is 8.18. The van der Waals surface area contributed by atoms with Crippen LogP contribution in [0.1, 0.15) is 23.4 Å². The third-order valence-corrected chi connectivity index (χ3v) is 6.95. The molecule has 148 valence electrons. The molecule has 0 atom stereocenters. The summed E-state index contributed by atoms with van der Waals surface area (Å²) < 4.78 is 0. The minimum absolute atomic E-state index is 0.0151. The third kappa shape index (κ3) is 3.56. The first-order valence-corrected chi connectivity index (χ1v) is 10.9. The Morgan fingerprint density at radius 3 is 2.57 bits per heavy atom. The number of hydrogen-bond acceptors (Lipinski definition) is 7. The maximum absolute atomic E-state index is 12.5. The van der Waals surface area contributed by atoms with E-state index in [0.29, 0.717) is 6.04 Å². The summed E-state index contributed by atoms with van der Waals surface area (Å²) in [5.41, 5.74) is 1.19. The van der Waals surface area contributed by atoms with E-state index < -0.39 is 0 Å². The highest BCUT2D eigenvalue weighted by molar-refractivity contribution is 7.15. The van der Waals surface area contributed by atoms with Gasteiger partial charge in [-0.15, -0.1) is 11.3 Å². The van der Waals surface area contributed by atoms with Crippen molar-refractivity contribution in [3.8, 4) is 0 Å². The highest BCUT2D eigenvalue weighted by atomic mass is 32.1. The number of hydrogen-bond donors (Lipinski definition) is 1. The van der Waals surface area contributed by atoms with E-state index in [4.69, 9.17) is 0 Å². The number of thiazole rings is 1. The lowest BCUT2D eigenvalue weighted by Crippen LogP contribution is -2.64. The number of piperazine rings is 1. The van der Waals surface area contributed by atoms with Crippen LogP contribution in [0.15, 0.2) is 18.5 Å². The van der Waals surface area contributed by atoms with Crippen LogP contribution in [0, 0.1) is 0 Å². The van der Waals surface area contributed by atoms with Crippen molar-refractivity contribution in [3.05, 3.63) is 29.0 Å². The number of fused-ring (bicyclic) bond motifs is 1. The fraction of sp³-hybridized carbons (Fsp3) is 0.579. The van der Waals surface area contributed by atoms with E-state index in [2.05, 4.69) is 30.1 Å². The molecular weight excluding hydrogens is 374 g/mol. The molecule has 1 aliphatic carbocycles. The van der Waals surface area contributed by atoms with Gasteiger partial charge in [-0.1, -0.05) is 0 Å². The molecule has 0 spiro atoms. The van der Waals surface area contributed by atoms with E-state index in [1.54, 1.807) is 23.7 Å². The fourth-order valence-corrected chi connectivity index (χ4v) is 5.21. The molecule has 0 bridgehead atoms. The van der Waals surface area contributed by atoms with E-state index in [1.807, 2.05) is 11.0 Å². The van der Waals surface area contributed by atoms with E-state index in [1.165, 1.54) is 23.4 Å². The van der Waals surface area contributed by atoms with E-state index in [9.17, 15) is 4.79 Å². The van der Waals surface area contributed by atoms with Crippen LogP contribution in [0.2, 0.25) is 0 Å². The number of nitrogens with zero attached hydrogens (tertiary/aromatic N) is 6. The summed E-state index contributed by atoms with van der Waals surface area (Å²) in [6, 6.07) is 2.28. The van der Waals surface area contributed by atoms with Gasteiger partial charge in [0.25, 0.3) is 0 Å². The van der Waals surface area contributed by atoms with Crippen molar-refractivity contribution in [2.75, 3.05) is 49.5 Å². The minimum atomic E-state index is -0.0151. The van der Waals surface area contributed by atoms with Crippen LogP contribution in [-0.2, 0) is 12.8 Å². The molecule has 28 heavy (non-hydrogen) atoms. The highest BCUT2D eigenvalue weighted by Gasteiger charge is 2.36. The first kappa shape index (κ1) is 17.8. The van der Waals surface area contributed by atoms with E-state index in [-0.39, 0.29) is 6.03 Å². The zero-order valence-electron chi connectivity index (χ0n) is 15.9. The topological polar surface area (TPSA) is 77.5 Å². The van der Waals surface area contributed by atoms with Crippen molar-refractivity contribution in [2.24, 2.45) is 0 Å². The molecule has 5 rings (SSSR count). The van der Waals surface area contributed by atoms with Crippen LogP contribution in [-0.4, -0.2) is 76.1 Å². The van der Waals surface area contributed by atoms with Gasteiger partial charge in [-0.25, -0.2) is 19.7 Å². The molecule has 2 aromatic rings. The lowest BCUT2D eigenvalue weighted by Gasteiger charge is -2.47. The Morgan fingerprint density at radius 2 is 1.82 bits per heavy atom. The number of urea groups is 1. The second-order valence-corrected chi connectivity index (χ2v) is 8.74. The van der Waals surface area contributed by atoms with Crippen molar-refractivity contribution >= 4 is 28.4 Å². The molecule has 0 aromatic carbocycles. The molecule has 2 saturated heterocycles. The zero-order chi connectivity index (χ0) is 18.9. The van der Waals surface area contributed by atoms with Gasteiger partial charge >= 0.3 is 6.03 Å². The number of carbonyl (C=O) groups is 1. The standard InChI is InChI=1S/C19H25N7OS/c27-19(23-18-22-15-4-1-2-5-16(15)28-18)26-12-14(13-26)24-8-10-25(11-9-24)17-20-6-3-7-21-17/h3,6-7,14H,1-2,4-5,8-13H2,(H,22,23,27). The van der Waals surface area contributed by atoms with Crippen LogP contribution in [0.25, 0.3) is 0 Å². The molecule has 2 aliphatic heterocycles. The lowest BCUT2D eigenvalue weighted by molar-refractivity contribution is 0.0576. The van der Waals surface area contributed by atoms with Crippen LogP contribution < -0.4 is 10.2 Å². The number of carbonyl (C=O) groups excluding carboxylic acids is 1. The molecule has 8 nitrogen and oxygen atoms in total. The molecule has 0 radical (unpaired) electrons. The second-order valence-electron chi connectivity index (χ2n) is 7.66. The smallest absolute Gasteiger partial charge is 0.323 e. The highest BCUT2D eigenvalue weighted by Crippen LogP contribution is 2.30. The van der Waals surface area contributed by atoms with Crippen LogP contribution in [0.4, 0.5) is 15.9 Å². The average molecular weight is 400 g/mol. The van der Waals surface area contributed by atoms with Gasteiger partial charge in [0.15, 0.2) is 5.13 Å². The van der Waals surface area contributed by atoms with Gasteiger partial charge < -0.3 is 9.80 Å². The zero-order valence-corrected chi connectivity index (χ0v) is 16.7. The summed E-state index contributed by atoms with van der Waals surface area (Å²) in [5, 5.41) is 3.77.